The van der Waals surface area contributed by atoms with Crippen LogP contribution in [-0.2, 0) is 30.5 Å². The van der Waals surface area contributed by atoms with E-state index >= 15 is 0 Å². The Labute approximate surface area is 179 Å². The lowest BCUT2D eigenvalue weighted by Gasteiger charge is -2.21. The molecule has 0 atom stereocenters. The third kappa shape index (κ3) is 4.57. The lowest BCUT2D eigenvalue weighted by Crippen LogP contribution is -2.30. The quantitative estimate of drug-likeness (QED) is 0.522. The Balaban J connectivity index is 2.29. The molecule has 9 nitrogen and oxygen atoms in total. The highest BCUT2D eigenvalue weighted by Gasteiger charge is 2.36. The summed E-state index contributed by atoms with van der Waals surface area (Å²) >= 11 is 0. The summed E-state index contributed by atoms with van der Waals surface area (Å²) in [4.78, 5) is 36.4. The standard InChI is InChI=1S/C19H15F3N2O7S/c1-30-18(27)10-7-13(24-15(25)5-6-16(24)26)17(14(8-10)32(23,28)29)31-12-4-2-3-11(9-12)19(20,21)22/h2-4,7-9H,5-6H2,1H3,(H2,23,28,29). The molecule has 0 aliphatic carbocycles. The maximum Gasteiger partial charge on any atom is 0.416 e. The van der Waals surface area contributed by atoms with E-state index in [1.54, 1.807) is 0 Å². The van der Waals surface area contributed by atoms with E-state index in [0.717, 1.165) is 37.4 Å². The molecule has 3 rings (SSSR count). The van der Waals surface area contributed by atoms with Crippen molar-refractivity contribution in [3.8, 4) is 11.5 Å². The van der Waals surface area contributed by atoms with Gasteiger partial charge in [0.2, 0.25) is 21.8 Å². The number of hydrogen-bond acceptors (Lipinski definition) is 7. The number of nitrogens with zero attached hydrogens (tertiary/aromatic N) is 1. The zero-order chi connectivity index (χ0) is 23.8. The number of esters is 1. The zero-order valence-corrected chi connectivity index (χ0v) is 17.1. The summed E-state index contributed by atoms with van der Waals surface area (Å²) in [6.45, 7) is 0. The minimum Gasteiger partial charge on any atom is -0.465 e. The smallest absolute Gasteiger partial charge is 0.416 e. The highest BCUT2D eigenvalue weighted by atomic mass is 32.2. The largest absolute Gasteiger partial charge is 0.465 e. The molecular weight excluding hydrogens is 457 g/mol. The molecule has 0 bridgehead atoms. The fraction of sp³-hybridized carbons (Fsp3) is 0.211. The van der Waals surface area contributed by atoms with Crippen LogP contribution in [-0.4, -0.2) is 33.3 Å². The van der Waals surface area contributed by atoms with E-state index in [9.17, 15) is 36.0 Å². The average Bonchev–Trinajstić information content (AvgIpc) is 3.04. The van der Waals surface area contributed by atoms with Gasteiger partial charge in [0, 0.05) is 12.8 Å². The van der Waals surface area contributed by atoms with Crippen molar-refractivity contribution in [3.63, 3.8) is 0 Å². The first-order valence-corrected chi connectivity index (χ1v) is 10.4. The number of amides is 2. The van der Waals surface area contributed by atoms with Crippen molar-refractivity contribution < 1.29 is 45.4 Å². The van der Waals surface area contributed by atoms with Gasteiger partial charge in [-0.1, -0.05) is 6.07 Å². The molecule has 32 heavy (non-hydrogen) atoms. The van der Waals surface area contributed by atoms with E-state index in [4.69, 9.17) is 9.88 Å². The van der Waals surface area contributed by atoms with E-state index in [-0.39, 0.29) is 18.4 Å². The lowest BCUT2D eigenvalue weighted by atomic mass is 10.1. The predicted molar refractivity (Wildman–Crippen MR) is 102 cm³/mol. The van der Waals surface area contributed by atoms with E-state index in [0.29, 0.717) is 11.0 Å². The average molecular weight is 472 g/mol. The molecule has 1 heterocycles. The van der Waals surface area contributed by atoms with Crippen LogP contribution < -0.4 is 14.8 Å². The number of imide groups is 1. The maximum atomic E-state index is 13.1. The molecule has 0 saturated carbocycles. The van der Waals surface area contributed by atoms with Crippen molar-refractivity contribution in [2.45, 2.75) is 23.9 Å². The van der Waals surface area contributed by atoms with Gasteiger partial charge in [-0.15, -0.1) is 0 Å². The minimum absolute atomic E-state index is 0.199. The topological polar surface area (TPSA) is 133 Å². The molecule has 2 N–H and O–H groups in total. The summed E-state index contributed by atoms with van der Waals surface area (Å²) in [5, 5.41) is 5.23. The minimum atomic E-state index is -4.72. The number of primary sulfonamides is 1. The number of rotatable bonds is 5. The summed E-state index contributed by atoms with van der Waals surface area (Å²) in [5.41, 5.74) is -1.94. The number of hydrogen-bond donors (Lipinski definition) is 1. The monoisotopic (exact) mass is 472 g/mol. The second-order valence-corrected chi connectivity index (χ2v) is 8.14. The second kappa shape index (κ2) is 8.24. The van der Waals surface area contributed by atoms with Crippen molar-refractivity contribution in [2.24, 2.45) is 5.14 Å². The Bertz CT molecular complexity index is 1210. The first-order chi connectivity index (χ1) is 14.8. The number of halogens is 3. The van der Waals surface area contributed by atoms with Crippen molar-refractivity contribution in [2.75, 3.05) is 12.0 Å². The van der Waals surface area contributed by atoms with Crippen LogP contribution in [0.2, 0.25) is 0 Å². The van der Waals surface area contributed by atoms with Crippen LogP contribution >= 0.6 is 0 Å². The number of nitrogens with two attached hydrogens (primary N) is 1. The van der Waals surface area contributed by atoms with Crippen LogP contribution in [0.1, 0.15) is 28.8 Å². The van der Waals surface area contributed by atoms with Crippen LogP contribution in [0.25, 0.3) is 0 Å². The van der Waals surface area contributed by atoms with Gasteiger partial charge in [0.15, 0.2) is 5.75 Å². The predicted octanol–water partition coefficient (Wildman–Crippen LogP) is 2.59. The van der Waals surface area contributed by atoms with Gasteiger partial charge in [0.1, 0.15) is 10.6 Å². The first kappa shape index (κ1) is 23.2. The highest BCUT2D eigenvalue weighted by molar-refractivity contribution is 7.89. The molecule has 1 aliphatic rings. The fourth-order valence-corrected chi connectivity index (χ4v) is 3.70. The number of carbonyl (C=O) groups is 3. The molecule has 2 amide bonds. The highest BCUT2D eigenvalue weighted by Crippen LogP contribution is 2.42. The van der Waals surface area contributed by atoms with Crippen LogP contribution in [0.3, 0.4) is 0 Å². The van der Waals surface area contributed by atoms with E-state index in [2.05, 4.69) is 4.74 Å². The Kier molecular flexibility index (Phi) is 5.98. The van der Waals surface area contributed by atoms with Gasteiger partial charge in [-0.25, -0.2) is 23.3 Å². The van der Waals surface area contributed by atoms with E-state index in [1.165, 1.54) is 0 Å². The number of sulfonamides is 1. The molecule has 0 unspecified atom stereocenters. The van der Waals surface area contributed by atoms with E-state index in [1.807, 2.05) is 0 Å². The molecule has 0 aromatic heterocycles. The molecule has 1 aliphatic heterocycles. The molecule has 0 spiro atoms. The third-order valence-corrected chi connectivity index (χ3v) is 5.35. The van der Waals surface area contributed by atoms with Crippen molar-refractivity contribution >= 4 is 33.5 Å². The maximum absolute atomic E-state index is 13.1. The molecule has 2 aromatic rings. The van der Waals surface area contributed by atoms with Gasteiger partial charge >= 0.3 is 12.1 Å². The Morgan fingerprint density at radius 2 is 1.72 bits per heavy atom. The second-order valence-electron chi connectivity index (χ2n) is 6.61. The summed E-state index contributed by atoms with van der Waals surface area (Å²) in [5.74, 6) is -3.61. The van der Waals surface area contributed by atoms with Gasteiger partial charge < -0.3 is 9.47 Å². The Morgan fingerprint density at radius 1 is 1.09 bits per heavy atom. The zero-order valence-electron chi connectivity index (χ0n) is 16.3. The van der Waals surface area contributed by atoms with Gasteiger partial charge in [0.05, 0.1) is 23.9 Å². The number of methoxy groups -OCH3 is 1. The fourth-order valence-electron chi connectivity index (χ4n) is 3.00. The van der Waals surface area contributed by atoms with E-state index < -0.39 is 61.6 Å². The van der Waals surface area contributed by atoms with Gasteiger partial charge in [-0.2, -0.15) is 13.2 Å². The summed E-state index contributed by atoms with van der Waals surface area (Å²) in [6.07, 6.45) is -5.12. The van der Waals surface area contributed by atoms with Crippen LogP contribution in [0.15, 0.2) is 41.3 Å². The normalized spacial score (nSPS) is 14.6. The van der Waals surface area contributed by atoms with Crippen LogP contribution in [0, 0.1) is 0 Å². The van der Waals surface area contributed by atoms with Gasteiger partial charge in [-0.05, 0) is 30.3 Å². The molecule has 0 radical (unpaired) electrons. The number of anilines is 1. The molecule has 13 heteroatoms. The lowest BCUT2D eigenvalue weighted by molar-refractivity contribution is -0.137. The van der Waals surface area contributed by atoms with Crippen molar-refractivity contribution in [1.82, 2.24) is 0 Å². The molecule has 2 aromatic carbocycles. The molecule has 1 fully saturated rings. The molecular formula is C19H15F3N2O7S. The summed E-state index contributed by atoms with van der Waals surface area (Å²) in [7, 11) is -3.64. The summed E-state index contributed by atoms with van der Waals surface area (Å²) in [6, 6.07) is 5.22. The SMILES string of the molecule is COC(=O)c1cc(N2C(=O)CCC2=O)c(Oc2cccc(C(F)(F)F)c2)c(S(N)(=O)=O)c1. The van der Waals surface area contributed by atoms with Gasteiger partial charge in [-0.3, -0.25) is 9.59 Å². The Hall–Kier alpha value is -3.45. The van der Waals surface area contributed by atoms with Crippen molar-refractivity contribution in [3.05, 3.63) is 47.5 Å². The molecule has 1 saturated heterocycles. The number of alkyl halides is 3. The number of ether oxygens (including phenoxy) is 2. The third-order valence-electron chi connectivity index (χ3n) is 4.44. The Morgan fingerprint density at radius 3 is 2.25 bits per heavy atom. The van der Waals surface area contributed by atoms with Crippen LogP contribution in [0.4, 0.5) is 18.9 Å². The van der Waals surface area contributed by atoms with Crippen LogP contribution in [0.5, 0.6) is 11.5 Å². The summed E-state index contributed by atoms with van der Waals surface area (Å²) < 4.78 is 73.7. The number of benzene rings is 2. The first-order valence-electron chi connectivity index (χ1n) is 8.83. The number of carbonyl (C=O) groups excluding carboxylic acids is 3. The van der Waals surface area contributed by atoms with Gasteiger partial charge in [0.25, 0.3) is 0 Å². The van der Waals surface area contributed by atoms with Crippen molar-refractivity contribution in [1.29, 1.82) is 0 Å². The molecule has 170 valence electrons.